The van der Waals surface area contributed by atoms with E-state index in [1.165, 1.54) is 7.11 Å². The van der Waals surface area contributed by atoms with E-state index >= 15 is 0 Å². The molecule has 2 heterocycles. The zero-order chi connectivity index (χ0) is 23.6. The summed E-state index contributed by atoms with van der Waals surface area (Å²) >= 11 is 0. The lowest BCUT2D eigenvalue weighted by Crippen LogP contribution is -2.51. The highest BCUT2D eigenvalue weighted by atomic mass is 16.5. The Bertz CT molecular complexity index is 1330. The van der Waals surface area contributed by atoms with Crippen molar-refractivity contribution in [2.75, 3.05) is 12.0 Å². The molecule has 3 aliphatic rings. The largest absolute Gasteiger partial charge is 0.497 e. The van der Waals surface area contributed by atoms with Crippen molar-refractivity contribution >= 4 is 29.1 Å². The van der Waals surface area contributed by atoms with Gasteiger partial charge >= 0.3 is 0 Å². The van der Waals surface area contributed by atoms with Crippen LogP contribution in [0.15, 0.2) is 78.9 Å². The number of Topliss-reactive ketones (excluding diaryl/α,β-unsaturated/α-hetero) is 2. The number of imide groups is 1. The van der Waals surface area contributed by atoms with Crippen LogP contribution in [0.25, 0.3) is 0 Å². The molecule has 2 saturated heterocycles. The minimum absolute atomic E-state index is 0.208. The zero-order valence-electron chi connectivity index (χ0n) is 18.1. The number of fused-ring (bicyclic) bond motifs is 3. The number of rotatable bonds is 3. The quantitative estimate of drug-likeness (QED) is 0.446. The van der Waals surface area contributed by atoms with E-state index in [1.54, 1.807) is 78.9 Å². The van der Waals surface area contributed by atoms with Crippen LogP contribution >= 0.6 is 0 Å². The van der Waals surface area contributed by atoms with Gasteiger partial charge in [0.1, 0.15) is 5.75 Å². The molecule has 1 aliphatic carbocycles. The molecule has 3 aromatic rings. The number of hydrogen-bond acceptors (Lipinski definition) is 6. The van der Waals surface area contributed by atoms with Gasteiger partial charge in [0.2, 0.25) is 29.0 Å². The van der Waals surface area contributed by atoms with Crippen LogP contribution in [0.2, 0.25) is 0 Å². The predicted molar refractivity (Wildman–Crippen MR) is 121 cm³/mol. The topological polar surface area (TPSA) is 90.0 Å². The maximum atomic E-state index is 13.8. The molecule has 0 radical (unpaired) electrons. The summed E-state index contributed by atoms with van der Waals surface area (Å²) in [5.74, 6) is -3.93. The first-order valence-electron chi connectivity index (χ1n) is 10.9. The van der Waals surface area contributed by atoms with Crippen LogP contribution < -0.4 is 9.64 Å². The number of carbonyl (C=O) groups is 4. The molecule has 0 bridgehead atoms. The second-order valence-electron chi connectivity index (χ2n) is 8.60. The van der Waals surface area contributed by atoms with Crippen molar-refractivity contribution in [2.45, 2.75) is 11.7 Å². The molecule has 7 heteroatoms. The Hall–Kier alpha value is -4.10. The molecule has 34 heavy (non-hydrogen) atoms. The second kappa shape index (κ2) is 7.20. The summed E-state index contributed by atoms with van der Waals surface area (Å²) in [7, 11) is 1.54. The molecule has 3 aromatic carbocycles. The molecule has 7 nitrogen and oxygen atoms in total. The van der Waals surface area contributed by atoms with Gasteiger partial charge in [-0.25, -0.2) is 4.90 Å². The Morgan fingerprint density at radius 2 is 1.35 bits per heavy atom. The van der Waals surface area contributed by atoms with Gasteiger partial charge in [0.05, 0.1) is 30.7 Å². The first-order valence-corrected chi connectivity index (χ1v) is 10.9. The number of carbonyl (C=O) groups excluding carboxylic acids is 4. The van der Waals surface area contributed by atoms with Crippen LogP contribution in [0.4, 0.5) is 5.69 Å². The Balaban J connectivity index is 1.53. The standard InChI is InChI=1S/C27H19NO6/c1-33-17-13-11-15(12-14-17)22-20-21(26(32)28(25(20)31)16-7-3-2-4-8-16)27(34-22)23(29)18-9-5-6-10-19(18)24(27)30/h2-14,20-22H,1H3/t20-,21-,22+/m0/s1. The molecular formula is C27H19NO6. The van der Waals surface area contributed by atoms with Crippen LogP contribution in [0, 0.1) is 11.8 Å². The number of nitrogens with zero attached hydrogens (tertiary/aromatic N) is 1. The van der Waals surface area contributed by atoms with E-state index in [-0.39, 0.29) is 11.1 Å². The molecule has 0 unspecified atom stereocenters. The number of benzene rings is 3. The summed E-state index contributed by atoms with van der Waals surface area (Å²) in [5, 5.41) is 0. The van der Waals surface area contributed by atoms with E-state index in [9.17, 15) is 19.2 Å². The fraction of sp³-hybridized carbons (Fsp3) is 0.185. The average molecular weight is 453 g/mol. The monoisotopic (exact) mass is 453 g/mol. The maximum Gasteiger partial charge on any atom is 0.241 e. The van der Waals surface area contributed by atoms with Crippen molar-refractivity contribution in [3.8, 4) is 5.75 Å². The van der Waals surface area contributed by atoms with E-state index in [0.717, 1.165) is 4.90 Å². The molecule has 2 fully saturated rings. The molecule has 0 N–H and O–H groups in total. The van der Waals surface area contributed by atoms with E-state index < -0.39 is 46.9 Å². The molecule has 1 spiro atoms. The average Bonchev–Trinajstić information content (AvgIpc) is 3.44. The van der Waals surface area contributed by atoms with Gasteiger partial charge in [0.25, 0.3) is 0 Å². The van der Waals surface area contributed by atoms with Gasteiger partial charge in [-0.2, -0.15) is 0 Å². The van der Waals surface area contributed by atoms with Crippen LogP contribution in [0.1, 0.15) is 32.4 Å². The first kappa shape index (κ1) is 20.5. The van der Waals surface area contributed by atoms with Gasteiger partial charge in [-0.3, -0.25) is 19.2 Å². The highest BCUT2D eigenvalue weighted by Gasteiger charge is 2.74. The summed E-state index contributed by atoms with van der Waals surface area (Å²) < 4.78 is 11.5. The maximum absolute atomic E-state index is 13.8. The van der Waals surface area contributed by atoms with Crippen molar-refractivity contribution in [3.05, 3.63) is 95.6 Å². The number of methoxy groups -OCH3 is 1. The summed E-state index contributed by atoms with van der Waals surface area (Å²) in [6.07, 6.45) is -0.955. The molecule has 0 saturated carbocycles. The van der Waals surface area contributed by atoms with Crippen LogP contribution in [-0.4, -0.2) is 36.1 Å². The SMILES string of the molecule is COc1ccc([C@H]2OC3(C(=O)c4ccccc4C3=O)[C@@H]3C(=O)N(c4ccccc4)C(=O)[C@H]23)cc1. The van der Waals surface area contributed by atoms with Crippen LogP contribution in [0.3, 0.4) is 0 Å². The smallest absolute Gasteiger partial charge is 0.241 e. The number of amides is 2. The summed E-state index contributed by atoms with van der Waals surface area (Å²) in [4.78, 5) is 56.0. The van der Waals surface area contributed by atoms with Crippen molar-refractivity contribution in [1.29, 1.82) is 0 Å². The van der Waals surface area contributed by atoms with E-state index in [4.69, 9.17) is 9.47 Å². The fourth-order valence-electron chi connectivity index (χ4n) is 5.44. The van der Waals surface area contributed by atoms with Gasteiger partial charge in [0.15, 0.2) is 0 Å². The molecule has 168 valence electrons. The van der Waals surface area contributed by atoms with E-state index in [0.29, 0.717) is 17.0 Å². The third kappa shape index (κ3) is 2.50. The van der Waals surface area contributed by atoms with E-state index in [1.807, 2.05) is 0 Å². The highest BCUT2D eigenvalue weighted by Crippen LogP contribution is 2.57. The summed E-state index contributed by atoms with van der Waals surface area (Å²) in [6.45, 7) is 0. The number of ether oxygens (including phenoxy) is 2. The minimum atomic E-state index is -2.07. The van der Waals surface area contributed by atoms with Gasteiger partial charge in [-0.1, -0.05) is 54.6 Å². The van der Waals surface area contributed by atoms with Crippen molar-refractivity contribution in [1.82, 2.24) is 0 Å². The van der Waals surface area contributed by atoms with Crippen molar-refractivity contribution in [3.63, 3.8) is 0 Å². The van der Waals surface area contributed by atoms with Crippen molar-refractivity contribution < 1.29 is 28.7 Å². The third-order valence-electron chi connectivity index (χ3n) is 6.98. The third-order valence-corrected chi connectivity index (χ3v) is 6.98. The molecule has 2 amide bonds. The van der Waals surface area contributed by atoms with Gasteiger partial charge < -0.3 is 9.47 Å². The summed E-state index contributed by atoms with van der Waals surface area (Å²) in [6, 6.07) is 21.8. The normalized spacial score (nSPS) is 24.6. The number of ketones is 2. The van der Waals surface area contributed by atoms with Crippen LogP contribution in [-0.2, 0) is 14.3 Å². The fourth-order valence-corrected chi connectivity index (χ4v) is 5.44. The Kier molecular flexibility index (Phi) is 4.34. The summed E-state index contributed by atoms with van der Waals surface area (Å²) in [5.41, 5.74) is -0.679. The van der Waals surface area contributed by atoms with Crippen molar-refractivity contribution in [2.24, 2.45) is 11.8 Å². The lowest BCUT2D eigenvalue weighted by Gasteiger charge is -2.27. The van der Waals surface area contributed by atoms with Gasteiger partial charge in [-0.15, -0.1) is 0 Å². The Morgan fingerprint density at radius 1 is 0.765 bits per heavy atom. The first-order chi connectivity index (χ1) is 16.5. The Labute approximate surface area is 194 Å². The molecular weight excluding hydrogens is 434 g/mol. The lowest BCUT2D eigenvalue weighted by molar-refractivity contribution is -0.127. The number of para-hydroxylation sites is 1. The predicted octanol–water partition coefficient (Wildman–Crippen LogP) is 3.39. The number of hydrogen-bond donors (Lipinski definition) is 0. The highest BCUT2D eigenvalue weighted by molar-refractivity contribution is 6.37. The Morgan fingerprint density at radius 3 is 1.94 bits per heavy atom. The molecule has 0 aromatic heterocycles. The zero-order valence-corrected chi connectivity index (χ0v) is 18.1. The van der Waals surface area contributed by atoms with Gasteiger partial charge in [-0.05, 0) is 29.8 Å². The minimum Gasteiger partial charge on any atom is -0.497 e. The molecule has 6 rings (SSSR count). The molecule has 3 atom stereocenters. The lowest BCUT2D eigenvalue weighted by atomic mass is 9.77. The number of anilines is 1. The van der Waals surface area contributed by atoms with Crippen LogP contribution in [0.5, 0.6) is 5.75 Å². The van der Waals surface area contributed by atoms with E-state index in [2.05, 4.69) is 0 Å². The molecule has 2 aliphatic heterocycles. The van der Waals surface area contributed by atoms with Gasteiger partial charge in [0, 0.05) is 11.1 Å². The second-order valence-corrected chi connectivity index (χ2v) is 8.60.